The van der Waals surface area contributed by atoms with E-state index in [0.29, 0.717) is 19.0 Å². The quantitative estimate of drug-likeness (QED) is 0.825. The molecule has 0 unspecified atom stereocenters. The zero-order chi connectivity index (χ0) is 14.4. The van der Waals surface area contributed by atoms with Crippen molar-refractivity contribution in [1.82, 2.24) is 4.98 Å². The molecule has 0 aromatic carbocycles. The molecule has 0 spiro atoms. The van der Waals surface area contributed by atoms with Gasteiger partial charge in [-0.15, -0.1) is 0 Å². The van der Waals surface area contributed by atoms with E-state index < -0.39 is 5.97 Å². The molecule has 1 amide bonds. The summed E-state index contributed by atoms with van der Waals surface area (Å²) in [7, 11) is 0. The van der Waals surface area contributed by atoms with Crippen molar-refractivity contribution >= 4 is 23.4 Å². The zero-order valence-corrected chi connectivity index (χ0v) is 11.0. The van der Waals surface area contributed by atoms with E-state index in [-0.39, 0.29) is 18.7 Å². The molecular weight excluding hydrogens is 262 g/mol. The fourth-order valence-corrected chi connectivity index (χ4v) is 1.89. The number of hydrogen-bond acceptors (Lipinski definition) is 5. The van der Waals surface area contributed by atoms with E-state index in [1.54, 1.807) is 12.3 Å². The summed E-state index contributed by atoms with van der Waals surface area (Å²) in [4.78, 5) is 28.1. The Balaban J connectivity index is 1.87. The molecule has 1 fully saturated rings. The van der Waals surface area contributed by atoms with Gasteiger partial charge in [0.05, 0.1) is 31.5 Å². The topological polar surface area (TPSA) is 91.8 Å². The normalized spacial score (nSPS) is 14.9. The monoisotopic (exact) mass is 279 g/mol. The molecule has 0 bridgehead atoms. The fraction of sp³-hybridized carbons (Fsp3) is 0.462. The third-order valence-corrected chi connectivity index (χ3v) is 2.96. The van der Waals surface area contributed by atoms with Crippen molar-refractivity contribution in [1.29, 1.82) is 0 Å². The highest BCUT2D eigenvalue weighted by Crippen LogP contribution is 2.16. The van der Waals surface area contributed by atoms with Crippen LogP contribution in [0.3, 0.4) is 0 Å². The largest absolute Gasteiger partial charge is 0.481 e. The van der Waals surface area contributed by atoms with E-state index in [0.717, 1.165) is 18.8 Å². The summed E-state index contributed by atoms with van der Waals surface area (Å²) in [5, 5.41) is 11.1. The minimum atomic E-state index is -0.990. The highest BCUT2D eigenvalue weighted by atomic mass is 16.5. The van der Waals surface area contributed by atoms with Gasteiger partial charge in [0, 0.05) is 19.5 Å². The summed E-state index contributed by atoms with van der Waals surface area (Å²) in [5.74, 6) is -0.910. The van der Waals surface area contributed by atoms with Crippen molar-refractivity contribution in [2.24, 2.45) is 0 Å². The molecule has 7 nitrogen and oxygen atoms in total. The van der Waals surface area contributed by atoms with Gasteiger partial charge in [-0.2, -0.15) is 0 Å². The number of ether oxygens (including phenoxy) is 1. The highest BCUT2D eigenvalue weighted by molar-refractivity contribution is 5.91. The Morgan fingerprint density at radius 3 is 2.65 bits per heavy atom. The number of aromatic nitrogens is 1. The maximum Gasteiger partial charge on any atom is 0.303 e. The number of carbonyl (C=O) groups is 2. The smallest absolute Gasteiger partial charge is 0.303 e. The minimum Gasteiger partial charge on any atom is -0.481 e. The number of nitrogens with one attached hydrogen (secondary N) is 1. The molecule has 0 radical (unpaired) electrons. The summed E-state index contributed by atoms with van der Waals surface area (Å²) >= 11 is 0. The summed E-state index contributed by atoms with van der Waals surface area (Å²) in [6.45, 7) is 3.05. The summed E-state index contributed by atoms with van der Waals surface area (Å²) in [6.07, 6.45) is 1.46. The van der Waals surface area contributed by atoms with Gasteiger partial charge in [0.1, 0.15) is 5.82 Å². The SMILES string of the molecule is O=C(O)CCC(=O)Nc1ccc(N2CCOCC2)cn1. The van der Waals surface area contributed by atoms with Gasteiger partial charge < -0.3 is 20.1 Å². The summed E-state index contributed by atoms with van der Waals surface area (Å²) in [6, 6.07) is 3.59. The van der Waals surface area contributed by atoms with Crippen LogP contribution in [0.4, 0.5) is 11.5 Å². The van der Waals surface area contributed by atoms with Crippen LogP contribution < -0.4 is 10.2 Å². The maximum atomic E-state index is 11.5. The van der Waals surface area contributed by atoms with Gasteiger partial charge in [-0.1, -0.05) is 0 Å². The maximum absolute atomic E-state index is 11.5. The molecule has 0 atom stereocenters. The lowest BCUT2D eigenvalue weighted by atomic mass is 10.3. The first-order chi connectivity index (χ1) is 9.65. The van der Waals surface area contributed by atoms with Crippen molar-refractivity contribution in [3.8, 4) is 0 Å². The number of aliphatic carboxylic acids is 1. The molecule has 7 heteroatoms. The Bertz CT molecular complexity index is 469. The molecule has 0 saturated carbocycles. The van der Waals surface area contributed by atoms with E-state index in [9.17, 15) is 9.59 Å². The van der Waals surface area contributed by atoms with Gasteiger partial charge in [0.2, 0.25) is 5.91 Å². The zero-order valence-electron chi connectivity index (χ0n) is 11.0. The third-order valence-electron chi connectivity index (χ3n) is 2.96. The van der Waals surface area contributed by atoms with Gasteiger partial charge in [0.25, 0.3) is 0 Å². The predicted molar refractivity (Wildman–Crippen MR) is 72.8 cm³/mol. The lowest BCUT2D eigenvalue weighted by Crippen LogP contribution is -2.36. The summed E-state index contributed by atoms with van der Waals surface area (Å²) in [5.41, 5.74) is 0.983. The molecule has 2 heterocycles. The first-order valence-corrected chi connectivity index (χ1v) is 6.45. The number of hydrogen-bond donors (Lipinski definition) is 2. The van der Waals surface area contributed by atoms with Crippen LogP contribution in [0.2, 0.25) is 0 Å². The average Bonchev–Trinajstić information content (AvgIpc) is 2.47. The number of nitrogens with zero attached hydrogens (tertiary/aromatic N) is 2. The lowest BCUT2D eigenvalue weighted by Gasteiger charge is -2.28. The number of rotatable bonds is 5. The average molecular weight is 279 g/mol. The summed E-state index contributed by atoms with van der Waals surface area (Å²) < 4.78 is 5.28. The second-order valence-electron chi connectivity index (χ2n) is 4.44. The molecule has 1 aromatic rings. The van der Waals surface area contributed by atoms with Crippen LogP contribution in [-0.4, -0.2) is 48.3 Å². The number of carbonyl (C=O) groups excluding carboxylic acids is 1. The third kappa shape index (κ3) is 4.20. The van der Waals surface area contributed by atoms with Crippen LogP contribution >= 0.6 is 0 Å². The Labute approximate surface area is 116 Å². The molecular formula is C13H17N3O4. The number of carboxylic acids is 1. The first-order valence-electron chi connectivity index (χ1n) is 6.45. The molecule has 108 valence electrons. The Kier molecular flexibility index (Phi) is 4.89. The number of carboxylic acid groups (broad SMARTS) is 1. The Hall–Kier alpha value is -2.15. The second kappa shape index (κ2) is 6.85. The van der Waals surface area contributed by atoms with E-state index in [4.69, 9.17) is 9.84 Å². The fourth-order valence-electron chi connectivity index (χ4n) is 1.89. The molecule has 0 aliphatic carbocycles. The lowest BCUT2D eigenvalue weighted by molar-refractivity contribution is -0.138. The van der Waals surface area contributed by atoms with E-state index >= 15 is 0 Å². The van der Waals surface area contributed by atoms with Crippen molar-refractivity contribution in [2.75, 3.05) is 36.5 Å². The van der Waals surface area contributed by atoms with Crippen molar-refractivity contribution in [2.45, 2.75) is 12.8 Å². The van der Waals surface area contributed by atoms with Gasteiger partial charge >= 0.3 is 5.97 Å². The molecule has 20 heavy (non-hydrogen) atoms. The van der Waals surface area contributed by atoms with Gasteiger partial charge in [-0.25, -0.2) is 4.98 Å². The number of anilines is 2. The minimum absolute atomic E-state index is 0.0533. The number of morpholine rings is 1. The highest BCUT2D eigenvalue weighted by Gasteiger charge is 2.12. The molecule has 2 rings (SSSR count). The molecule has 1 saturated heterocycles. The van der Waals surface area contributed by atoms with Gasteiger partial charge in [0.15, 0.2) is 0 Å². The standard InChI is InChI=1S/C13H17N3O4/c17-12(3-4-13(18)19)15-11-2-1-10(9-14-11)16-5-7-20-8-6-16/h1-2,9H,3-8H2,(H,18,19)(H,14,15,17). The van der Waals surface area contributed by atoms with Crippen LogP contribution in [0.1, 0.15) is 12.8 Å². The Morgan fingerprint density at radius 1 is 1.30 bits per heavy atom. The van der Waals surface area contributed by atoms with Crippen LogP contribution in [-0.2, 0) is 14.3 Å². The van der Waals surface area contributed by atoms with Crippen LogP contribution in [0, 0.1) is 0 Å². The van der Waals surface area contributed by atoms with E-state index in [2.05, 4.69) is 15.2 Å². The van der Waals surface area contributed by atoms with Crippen molar-refractivity contribution in [3.63, 3.8) is 0 Å². The van der Waals surface area contributed by atoms with Gasteiger partial charge in [-0.3, -0.25) is 9.59 Å². The number of amides is 1. The Morgan fingerprint density at radius 2 is 2.05 bits per heavy atom. The van der Waals surface area contributed by atoms with Crippen LogP contribution in [0.15, 0.2) is 18.3 Å². The number of pyridine rings is 1. The molecule has 2 N–H and O–H groups in total. The molecule has 1 aliphatic heterocycles. The molecule has 1 aromatic heterocycles. The van der Waals surface area contributed by atoms with Crippen molar-refractivity contribution in [3.05, 3.63) is 18.3 Å². The van der Waals surface area contributed by atoms with E-state index in [1.807, 2.05) is 6.07 Å². The van der Waals surface area contributed by atoms with E-state index in [1.165, 1.54) is 0 Å². The first kappa shape index (κ1) is 14.3. The molecule has 1 aliphatic rings. The van der Waals surface area contributed by atoms with Crippen molar-refractivity contribution < 1.29 is 19.4 Å². The van der Waals surface area contributed by atoms with Crippen LogP contribution in [0.5, 0.6) is 0 Å². The van der Waals surface area contributed by atoms with Crippen LogP contribution in [0.25, 0.3) is 0 Å². The van der Waals surface area contributed by atoms with Gasteiger partial charge in [-0.05, 0) is 12.1 Å². The predicted octanol–water partition coefficient (Wildman–Crippen LogP) is 0.721. The second-order valence-corrected chi connectivity index (χ2v) is 4.44.